The maximum Gasteiger partial charge on any atom is 0.306 e. The van der Waals surface area contributed by atoms with E-state index in [4.69, 9.17) is 0 Å². The quantitative estimate of drug-likeness (QED) is 0.437. The highest BCUT2D eigenvalue weighted by Crippen LogP contribution is 1.44. The standard InChI is InChI=1S/C2H4N2O2.2ClH/c3-1(5)2(4)6;;/h(H2,3,5)(H2,4,6);2*1H. The number of rotatable bonds is 0. The van der Waals surface area contributed by atoms with Crippen molar-refractivity contribution in [1.29, 1.82) is 0 Å². The van der Waals surface area contributed by atoms with E-state index in [0.29, 0.717) is 0 Å². The lowest BCUT2D eigenvalue weighted by Crippen LogP contribution is -2.29. The number of carbonyl (C=O) groups excluding carboxylic acids is 2. The van der Waals surface area contributed by atoms with Crippen molar-refractivity contribution in [3.05, 3.63) is 0 Å². The van der Waals surface area contributed by atoms with Crippen LogP contribution in [-0.2, 0) is 9.59 Å². The van der Waals surface area contributed by atoms with E-state index in [0.717, 1.165) is 0 Å². The number of hydrogen-bond donors (Lipinski definition) is 2. The maximum absolute atomic E-state index is 9.45. The number of nitrogens with two attached hydrogens (primary N) is 2. The van der Waals surface area contributed by atoms with Gasteiger partial charge in [0.1, 0.15) is 0 Å². The first-order chi connectivity index (χ1) is 2.64. The van der Waals surface area contributed by atoms with Crippen LogP contribution in [0.15, 0.2) is 0 Å². The largest absolute Gasteiger partial charge is 0.361 e. The van der Waals surface area contributed by atoms with Crippen LogP contribution in [0.5, 0.6) is 0 Å². The minimum Gasteiger partial charge on any atom is -0.361 e. The normalized spacial score (nSPS) is 5.50. The first-order valence-corrected chi connectivity index (χ1v) is 1.24. The Kier molecular flexibility index (Phi) is 12.8. The molecular formula is C2H6Cl2N2O2. The number of carbonyl (C=O) groups is 2. The zero-order chi connectivity index (χ0) is 5.15. The van der Waals surface area contributed by atoms with Gasteiger partial charge in [0.15, 0.2) is 0 Å². The molecule has 0 heterocycles. The second kappa shape index (κ2) is 6.52. The van der Waals surface area contributed by atoms with Crippen molar-refractivity contribution >= 4 is 36.6 Å². The summed E-state index contributed by atoms with van der Waals surface area (Å²) in [5.74, 6) is -2.20. The van der Waals surface area contributed by atoms with Crippen molar-refractivity contribution in [2.24, 2.45) is 11.5 Å². The lowest BCUT2D eigenvalue weighted by Gasteiger charge is -1.75. The summed E-state index contributed by atoms with van der Waals surface area (Å²) in [5.41, 5.74) is 8.64. The van der Waals surface area contributed by atoms with Crippen molar-refractivity contribution in [2.75, 3.05) is 0 Å². The fraction of sp³-hybridized carbons (Fsp3) is 0. The average molecular weight is 161 g/mol. The Bertz CT molecular complexity index is 82.0. The summed E-state index contributed by atoms with van der Waals surface area (Å²) in [4.78, 5) is 18.9. The number of halogens is 2. The molecule has 0 atom stereocenters. The van der Waals surface area contributed by atoms with Crippen molar-refractivity contribution in [3.8, 4) is 0 Å². The van der Waals surface area contributed by atoms with Gasteiger partial charge in [-0.3, -0.25) is 9.59 Å². The van der Waals surface area contributed by atoms with E-state index in [9.17, 15) is 9.59 Å². The van der Waals surface area contributed by atoms with Crippen LogP contribution in [0, 0.1) is 0 Å². The zero-order valence-corrected chi connectivity index (χ0v) is 5.42. The van der Waals surface area contributed by atoms with E-state index in [1.165, 1.54) is 0 Å². The molecule has 2 amide bonds. The highest BCUT2D eigenvalue weighted by molar-refractivity contribution is 6.33. The van der Waals surface area contributed by atoms with Crippen LogP contribution in [0.1, 0.15) is 0 Å². The Morgan fingerprint density at radius 2 is 1.00 bits per heavy atom. The zero-order valence-electron chi connectivity index (χ0n) is 3.79. The summed E-state index contributed by atoms with van der Waals surface area (Å²) in [6.45, 7) is 0. The number of hydrogen-bond acceptors (Lipinski definition) is 2. The summed E-state index contributed by atoms with van der Waals surface area (Å²) in [7, 11) is 0. The van der Waals surface area contributed by atoms with Gasteiger partial charge in [0.05, 0.1) is 0 Å². The molecule has 0 aliphatic carbocycles. The van der Waals surface area contributed by atoms with Crippen LogP contribution in [0.2, 0.25) is 0 Å². The Morgan fingerprint density at radius 1 is 0.875 bits per heavy atom. The van der Waals surface area contributed by atoms with Gasteiger partial charge in [-0.2, -0.15) is 0 Å². The third kappa shape index (κ3) is 9.10. The van der Waals surface area contributed by atoms with Gasteiger partial charge >= 0.3 is 11.8 Å². The van der Waals surface area contributed by atoms with E-state index < -0.39 is 11.8 Å². The van der Waals surface area contributed by atoms with Gasteiger partial charge < -0.3 is 11.5 Å². The molecule has 0 bridgehead atoms. The Hall–Kier alpha value is -0.480. The monoisotopic (exact) mass is 160 g/mol. The summed E-state index contributed by atoms with van der Waals surface area (Å²) in [6, 6.07) is 0. The van der Waals surface area contributed by atoms with Gasteiger partial charge in [0, 0.05) is 0 Å². The van der Waals surface area contributed by atoms with Gasteiger partial charge in [-0.05, 0) is 0 Å². The van der Waals surface area contributed by atoms with E-state index in [-0.39, 0.29) is 24.8 Å². The predicted octanol–water partition coefficient (Wildman–Crippen LogP) is -1.20. The smallest absolute Gasteiger partial charge is 0.306 e. The first-order valence-electron chi connectivity index (χ1n) is 1.24. The summed E-state index contributed by atoms with van der Waals surface area (Å²) < 4.78 is 0. The third-order valence-electron chi connectivity index (χ3n) is 0.243. The molecule has 0 saturated carbocycles. The Morgan fingerprint density at radius 3 is 1.00 bits per heavy atom. The molecule has 0 rings (SSSR count). The lowest BCUT2D eigenvalue weighted by molar-refractivity contribution is -0.135. The highest BCUT2D eigenvalue weighted by Gasteiger charge is 1.96. The molecule has 6 heteroatoms. The van der Waals surface area contributed by atoms with Crippen LogP contribution < -0.4 is 11.5 Å². The highest BCUT2D eigenvalue weighted by atomic mass is 35.5. The molecule has 0 aromatic heterocycles. The van der Waals surface area contributed by atoms with E-state index in [1.807, 2.05) is 0 Å². The Balaban J connectivity index is -0.000000125. The van der Waals surface area contributed by atoms with Gasteiger partial charge in [-0.1, -0.05) is 0 Å². The van der Waals surface area contributed by atoms with Crippen LogP contribution in [-0.4, -0.2) is 11.8 Å². The Labute approximate surface area is 58.4 Å². The SMILES string of the molecule is Cl.Cl.NC(=O)C(N)=O. The molecule has 4 nitrogen and oxygen atoms in total. The molecule has 0 aromatic rings. The van der Waals surface area contributed by atoms with Gasteiger partial charge in [-0.15, -0.1) is 24.8 Å². The van der Waals surface area contributed by atoms with Crippen LogP contribution in [0.25, 0.3) is 0 Å². The molecule has 0 fully saturated rings. The first kappa shape index (κ1) is 15.6. The molecule has 0 spiro atoms. The lowest BCUT2D eigenvalue weighted by atomic mass is 10.6. The van der Waals surface area contributed by atoms with Crippen molar-refractivity contribution < 1.29 is 9.59 Å². The van der Waals surface area contributed by atoms with Crippen molar-refractivity contribution in [3.63, 3.8) is 0 Å². The van der Waals surface area contributed by atoms with Gasteiger partial charge in [0.2, 0.25) is 0 Å². The van der Waals surface area contributed by atoms with Crippen molar-refractivity contribution in [1.82, 2.24) is 0 Å². The molecule has 0 unspecified atom stereocenters. The second-order valence-corrected chi connectivity index (χ2v) is 0.729. The summed E-state index contributed by atoms with van der Waals surface area (Å²) >= 11 is 0. The molecule has 0 saturated heterocycles. The molecule has 0 aromatic carbocycles. The maximum atomic E-state index is 9.45. The molecule has 0 radical (unpaired) electrons. The van der Waals surface area contributed by atoms with Crippen LogP contribution >= 0.6 is 24.8 Å². The van der Waals surface area contributed by atoms with Gasteiger partial charge in [0.25, 0.3) is 0 Å². The predicted molar refractivity (Wildman–Crippen MR) is 32.9 cm³/mol. The third-order valence-corrected chi connectivity index (χ3v) is 0.243. The molecule has 0 aliphatic heterocycles. The van der Waals surface area contributed by atoms with Crippen LogP contribution in [0.4, 0.5) is 0 Å². The van der Waals surface area contributed by atoms with E-state index >= 15 is 0 Å². The number of primary amides is 2. The molecule has 8 heavy (non-hydrogen) atoms. The number of amides is 2. The van der Waals surface area contributed by atoms with Crippen molar-refractivity contribution in [2.45, 2.75) is 0 Å². The molecule has 0 aliphatic rings. The van der Waals surface area contributed by atoms with Gasteiger partial charge in [-0.25, -0.2) is 0 Å². The van der Waals surface area contributed by atoms with Crippen LogP contribution in [0.3, 0.4) is 0 Å². The molecule has 50 valence electrons. The summed E-state index contributed by atoms with van der Waals surface area (Å²) in [6.07, 6.45) is 0. The summed E-state index contributed by atoms with van der Waals surface area (Å²) in [5, 5.41) is 0. The van der Waals surface area contributed by atoms with E-state index in [2.05, 4.69) is 11.5 Å². The minimum absolute atomic E-state index is 0. The molecular weight excluding hydrogens is 155 g/mol. The fourth-order valence-corrected chi connectivity index (χ4v) is 0. The topological polar surface area (TPSA) is 86.2 Å². The van der Waals surface area contributed by atoms with E-state index in [1.54, 1.807) is 0 Å². The minimum atomic E-state index is -1.10. The average Bonchev–Trinajstić information content (AvgIpc) is 1.36. The molecule has 4 N–H and O–H groups in total. The second-order valence-electron chi connectivity index (χ2n) is 0.729. The fourth-order valence-electron chi connectivity index (χ4n) is 0.